The van der Waals surface area contributed by atoms with E-state index in [-0.39, 0.29) is 5.82 Å². The van der Waals surface area contributed by atoms with Gasteiger partial charge in [0.2, 0.25) is 0 Å². The second kappa shape index (κ2) is 4.96. The van der Waals surface area contributed by atoms with E-state index in [1.54, 1.807) is 34.6 Å². The molecule has 1 aromatic rings. The maximum Gasteiger partial charge on any atom is 0.350 e. The molecule has 0 saturated heterocycles. The first-order valence-corrected chi connectivity index (χ1v) is 5.78. The van der Waals surface area contributed by atoms with Crippen molar-refractivity contribution in [3.05, 3.63) is 30.1 Å². The highest BCUT2D eigenvalue weighted by molar-refractivity contribution is 5.79. The number of halogens is 1. The maximum atomic E-state index is 12.8. The van der Waals surface area contributed by atoms with Crippen LogP contribution in [0.25, 0.3) is 0 Å². The van der Waals surface area contributed by atoms with Gasteiger partial charge < -0.3 is 9.47 Å². The van der Waals surface area contributed by atoms with Crippen LogP contribution in [0.4, 0.5) is 4.39 Å². The smallest absolute Gasteiger partial charge is 0.350 e. The van der Waals surface area contributed by atoms with E-state index in [1.807, 2.05) is 0 Å². The zero-order chi connectivity index (χ0) is 14.0. The number of carbonyl (C=O) groups excluding carboxylic acids is 1. The third-order valence-electron chi connectivity index (χ3n) is 2.08. The lowest BCUT2D eigenvalue weighted by Gasteiger charge is -2.29. The van der Waals surface area contributed by atoms with Gasteiger partial charge in [0, 0.05) is 0 Å². The van der Waals surface area contributed by atoms with Gasteiger partial charge in [-0.05, 0) is 58.9 Å². The number of esters is 1. The molecule has 0 aliphatic heterocycles. The summed E-state index contributed by atoms with van der Waals surface area (Å²) < 4.78 is 23.5. The SMILES string of the molecule is CC(C)(C)OC(=O)C(C)(C)Oc1ccc(F)cc1. The number of ether oxygens (including phenoxy) is 2. The summed E-state index contributed by atoms with van der Waals surface area (Å²) in [6.45, 7) is 8.60. The average molecular weight is 254 g/mol. The van der Waals surface area contributed by atoms with E-state index >= 15 is 0 Å². The Labute approximate surface area is 107 Å². The number of rotatable bonds is 3. The second-order valence-corrected chi connectivity index (χ2v) is 5.57. The van der Waals surface area contributed by atoms with Gasteiger partial charge in [0.1, 0.15) is 17.2 Å². The van der Waals surface area contributed by atoms with Crippen LogP contribution in [0.15, 0.2) is 24.3 Å². The highest BCUT2D eigenvalue weighted by atomic mass is 19.1. The van der Waals surface area contributed by atoms with E-state index in [9.17, 15) is 9.18 Å². The molecular formula is C14H19FO3. The number of carbonyl (C=O) groups is 1. The van der Waals surface area contributed by atoms with Gasteiger partial charge in [-0.2, -0.15) is 0 Å². The normalized spacial score (nSPS) is 12.1. The van der Waals surface area contributed by atoms with E-state index in [2.05, 4.69) is 0 Å². The van der Waals surface area contributed by atoms with Crippen LogP contribution < -0.4 is 4.74 Å². The maximum absolute atomic E-state index is 12.8. The molecule has 0 aliphatic rings. The first kappa shape index (κ1) is 14.5. The zero-order valence-corrected chi connectivity index (χ0v) is 11.4. The summed E-state index contributed by atoms with van der Waals surface area (Å²) in [5.74, 6) is -0.385. The van der Waals surface area contributed by atoms with Crippen LogP contribution in [0.1, 0.15) is 34.6 Å². The molecule has 0 amide bonds. The highest BCUT2D eigenvalue weighted by Gasteiger charge is 2.34. The van der Waals surface area contributed by atoms with Gasteiger partial charge in [0.05, 0.1) is 0 Å². The Kier molecular flexibility index (Phi) is 3.99. The highest BCUT2D eigenvalue weighted by Crippen LogP contribution is 2.22. The number of hydrogen-bond donors (Lipinski definition) is 0. The third kappa shape index (κ3) is 4.35. The Morgan fingerprint density at radius 1 is 1.06 bits per heavy atom. The summed E-state index contributed by atoms with van der Waals surface area (Å²) in [5, 5.41) is 0. The molecule has 18 heavy (non-hydrogen) atoms. The standard InChI is InChI=1S/C14H19FO3/c1-13(2,3)18-12(16)14(4,5)17-11-8-6-10(15)7-9-11/h6-9H,1-5H3. The van der Waals surface area contributed by atoms with Crippen molar-refractivity contribution in [2.45, 2.75) is 45.8 Å². The molecule has 0 aromatic heterocycles. The molecule has 1 rings (SSSR count). The van der Waals surface area contributed by atoms with Crippen molar-refractivity contribution in [3.63, 3.8) is 0 Å². The Balaban J connectivity index is 2.75. The summed E-state index contributed by atoms with van der Waals surface area (Å²) in [7, 11) is 0. The predicted octanol–water partition coefficient (Wildman–Crippen LogP) is 3.32. The van der Waals surface area contributed by atoms with Crippen LogP contribution in [0.5, 0.6) is 5.75 Å². The van der Waals surface area contributed by atoms with E-state index < -0.39 is 17.2 Å². The summed E-state index contributed by atoms with van der Waals surface area (Å²) >= 11 is 0. The summed E-state index contributed by atoms with van der Waals surface area (Å²) in [4.78, 5) is 11.9. The molecule has 0 saturated carbocycles. The molecule has 0 radical (unpaired) electrons. The van der Waals surface area contributed by atoms with Gasteiger partial charge >= 0.3 is 5.97 Å². The van der Waals surface area contributed by atoms with Gasteiger partial charge in [-0.15, -0.1) is 0 Å². The van der Waals surface area contributed by atoms with E-state index in [0.29, 0.717) is 5.75 Å². The molecular weight excluding hydrogens is 235 g/mol. The minimum Gasteiger partial charge on any atom is -0.476 e. The lowest BCUT2D eigenvalue weighted by molar-refractivity contribution is -0.170. The van der Waals surface area contributed by atoms with Crippen LogP contribution in [0.3, 0.4) is 0 Å². The lowest BCUT2D eigenvalue weighted by atomic mass is 10.1. The first-order chi connectivity index (χ1) is 8.10. The molecule has 0 unspecified atom stereocenters. The molecule has 0 fully saturated rings. The Hall–Kier alpha value is -1.58. The largest absolute Gasteiger partial charge is 0.476 e. The fourth-order valence-corrected chi connectivity index (χ4v) is 1.24. The van der Waals surface area contributed by atoms with Crippen LogP contribution in [-0.4, -0.2) is 17.2 Å². The zero-order valence-electron chi connectivity index (χ0n) is 11.4. The minimum atomic E-state index is -1.12. The molecule has 4 heteroatoms. The predicted molar refractivity (Wildman–Crippen MR) is 67.0 cm³/mol. The van der Waals surface area contributed by atoms with E-state index in [0.717, 1.165) is 0 Å². The van der Waals surface area contributed by atoms with Crippen molar-refractivity contribution in [3.8, 4) is 5.75 Å². The van der Waals surface area contributed by atoms with Gasteiger partial charge in [-0.3, -0.25) is 0 Å². The number of benzene rings is 1. The van der Waals surface area contributed by atoms with Crippen LogP contribution in [0, 0.1) is 5.82 Å². The molecule has 0 atom stereocenters. The van der Waals surface area contributed by atoms with E-state index in [1.165, 1.54) is 24.3 Å². The van der Waals surface area contributed by atoms with Crippen molar-refractivity contribution >= 4 is 5.97 Å². The Morgan fingerprint density at radius 3 is 2.00 bits per heavy atom. The Bertz CT molecular complexity index is 416. The van der Waals surface area contributed by atoms with Gasteiger partial charge in [0.15, 0.2) is 5.60 Å². The quantitative estimate of drug-likeness (QED) is 0.776. The third-order valence-corrected chi connectivity index (χ3v) is 2.08. The molecule has 1 aromatic carbocycles. The van der Waals surface area contributed by atoms with Crippen LogP contribution in [0.2, 0.25) is 0 Å². The molecule has 0 aliphatic carbocycles. The molecule has 3 nitrogen and oxygen atoms in total. The molecule has 100 valence electrons. The van der Waals surface area contributed by atoms with Crippen LogP contribution >= 0.6 is 0 Å². The van der Waals surface area contributed by atoms with Crippen molar-refractivity contribution in [2.24, 2.45) is 0 Å². The topological polar surface area (TPSA) is 35.5 Å². The fraction of sp³-hybridized carbons (Fsp3) is 0.500. The molecule has 0 heterocycles. The molecule has 0 bridgehead atoms. The van der Waals surface area contributed by atoms with Crippen LogP contribution in [-0.2, 0) is 9.53 Å². The van der Waals surface area contributed by atoms with Crippen molar-refractivity contribution in [2.75, 3.05) is 0 Å². The van der Waals surface area contributed by atoms with Gasteiger partial charge in [-0.25, -0.2) is 9.18 Å². The van der Waals surface area contributed by atoms with Crippen molar-refractivity contribution < 1.29 is 18.7 Å². The van der Waals surface area contributed by atoms with Crippen molar-refractivity contribution in [1.82, 2.24) is 0 Å². The lowest BCUT2D eigenvalue weighted by Crippen LogP contribution is -2.43. The Morgan fingerprint density at radius 2 is 1.56 bits per heavy atom. The fourth-order valence-electron chi connectivity index (χ4n) is 1.24. The summed E-state index contributed by atoms with van der Waals surface area (Å²) in [6, 6.07) is 5.50. The number of hydrogen-bond acceptors (Lipinski definition) is 3. The monoisotopic (exact) mass is 254 g/mol. The van der Waals surface area contributed by atoms with E-state index in [4.69, 9.17) is 9.47 Å². The summed E-state index contributed by atoms with van der Waals surface area (Å²) in [5.41, 5.74) is -1.69. The second-order valence-electron chi connectivity index (χ2n) is 5.57. The first-order valence-electron chi connectivity index (χ1n) is 5.78. The van der Waals surface area contributed by atoms with Crippen molar-refractivity contribution in [1.29, 1.82) is 0 Å². The van der Waals surface area contributed by atoms with Gasteiger partial charge in [0.25, 0.3) is 0 Å². The minimum absolute atomic E-state index is 0.350. The molecule has 0 N–H and O–H groups in total. The summed E-state index contributed by atoms with van der Waals surface area (Å²) in [6.07, 6.45) is 0. The average Bonchev–Trinajstić information content (AvgIpc) is 2.18. The van der Waals surface area contributed by atoms with Gasteiger partial charge in [-0.1, -0.05) is 0 Å². The molecule has 0 spiro atoms.